The molecule has 4 heterocycles. The average Bonchev–Trinajstić information content (AvgIpc) is 4.02. The number of benzene rings is 9. The Morgan fingerprint density at radius 2 is 1.05 bits per heavy atom. The van der Waals surface area contributed by atoms with Crippen molar-refractivity contribution in [2.75, 3.05) is 0 Å². The summed E-state index contributed by atoms with van der Waals surface area (Å²) in [5.74, 6) is 0.654. The lowest BCUT2D eigenvalue weighted by atomic mass is 9.97. The van der Waals surface area contributed by atoms with Crippen molar-refractivity contribution >= 4 is 86.7 Å². The molecule has 5 heteroatoms. The van der Waals surface area contributed by atoms with Crippen LogP contribution in [0.25, 0.3) is 121 Å². The third-order valence-electron chi connectivity index (χ3n) is 12.4. The fourth-order valence-electron chi connectivity index (χ4n) is 9.73. The number of rotatable bonds is 5. The summed E-state index contributed by atoms with van der Waals surface area (Å²) in [6.45, 7) is 0. The van der Waals surface area contributed by atoms with Gasteiger partial charge in [0.05, 0.1) is 33.3 Å². The largest absolute Gasteiger partial charge is 0.309 e. The van der Waals surface area contributed by atoms with Crippen LogP contribution in [0.15, 0.2) is 206 Å². The van der Waals surface area contributed by atoms with Crippen LogP contribution in [-0.4, -0.2) is 19.1 Å². The second-order valence-corrected chi connectivity index (χ2v) is 16.6. The third-order valence-corrected chi connectivity index (χ3v) is 13.4. The van der Waals surface area contributed by atoms with Gasteiger partial charge in [0, 0.05) is 53.8 Å². The molecule has 284 valence electrons. The molecular formula is C56H34N4S. The Hall–Kier alpha value is -7.86. The van der Waals surface area contributed by atoms with Crippen molar-refractivity contribution in [2.45, 2.75) is 0 Å². The lowest BCUT2D eigenvalue weighted by Crippen LogP contribution is -2.03. The number of nitrogens with zero attached hydrogens (tertiary/aromatic N) is 4. The van der Waals surface area contributed by atoms with Crippen LogP contribution >= 0.6 is 11.3 Å². The molecule has 0 saturated carbocycles. The summed E-state index contributed by atoms with van der Waals surface area (Å²) in [6.07, 6.45) is 0. The minimum atomic E-state index is 0.654. The van der Waals surface area contributed by atoms with E-state index in [1.165, 1.54) is 75.7 Å². The smallest absolute Gasteiger partial charge is 0.235 e. The Morgan fingerprint density at radius 1 is 0.377 bits per heavy atom. The fourth-order valence-corrected chi connectivity index (χ4v) is 10.9. The van der Waals surface area contributed by atoms with E-state index in [1.54, 1.807) is 11.3 Å². The molecule has 0 unspecified atom stereocenters. The molecular weight excluding hydrogens is 761 g/mol. The van der Waals surface area contributed by atoms with Crippen LogP contribution < -0.4 is 0 Å². The van der Waals surface area contributed by atoms with Crippen molar-refractivity contribution in [1.82, 2.24) is 19.1 Å². The maximum absolute atomic E-state index is 5.57. The van der Waals surface area contributed by atoms with E-state index in [9.17, 15) is 0 Å². The molecule has 13 aromatic rings. The average molecular weight is 795 g/mol. The van der Waals surface area contributed by atoms with Crippen LogP contribution in [0.5, 0.6) is 0 Å². The number of thiophene rings is 1. The molecule has 0 spiro atoms. The second kappa shape index (κ2) is 13.3. The van der Waals surface area contributed by atoms with Crippen molar-refractivity contribution in [3.05, 3.63) is 206 Å². The SMILES string of the molecule is c1ccc(-c2csc3c2ccc2nc(-n4c5ccc(-c6cccc7c6c6ccccc6n7-c6ccccc6)cc5c5c6ccccc6ccc54)nc(-c4ccccc4)c23)cc1. The lowest BCUT2D eigenvalue weighted by Gasteiger charge is -2.13. The van der Waals surface area contributed by atoms with Gasteiger partial charge in [-0.15, -0.1) is 11.3 Å². The van der Waals surface area contributed by atoms with E-state index in [4.69, 9.17) is 9.97 Å². The first kappa shape index (κ1) is 34.0. The van der Waals surface area contributed by atoms with E-state index >= 15 is 0 Å². The molecule has 0 atom stereocenters. The van der Waals surface area contributed by atoms with Gasteiger partial charge in [0.25, 0.3) is 0 Å². The molecule has 4 nitrogen and oxygen atoms in total. The van der Waals surface area contributed by atoms with Crippen LogP contribution in [0.2, 0.25) is 0 Å². The second-order valence-electron chi connectivity index (χ2n) is 15.7. The summed E-state index contributed by atoms with van der Waals surface area (Å²) in [6, 6.07) is 72.0. The standard InChI is InChI=1S/C56H34N4S/c1-4-15-35(16-5-1)45-34-61-55-42(45)29-30-46-53(55)54(37-18-6-2-7-19-37)58-56(57-46)60-48-31-28-38(33-44(48)52-40-22-11-10-17-36(40)27-32-50(52)60)41-24-14-26-49-51(41)43-23-12-13-25-47(43)59(49)39-20-8-3-9-21-39/h1-34H. The van der Waals surface area contributed by atoms with Crippen LogP contribution in [-0.2, 0) is 0 Å². The Bertz CT molecular complexity index is 3860. The summed E-state index contributed by atoms with van der Waals surface area (Å²) >= 11 is 1.77. The van der Waals surface area contributed by atoms with Crippen LogP contribution in [0.3, 0.4) is 0 Å². The lowest BCUT2D eigenvalue weighted by molar-refractivity contribution is 1.01. The van der Waals surface area contributed by atoms with Crippen molar-refractivity contribution in [3.8, 4) is 45.1 Å². The third kappa shape index (κ3) is 5.11. The van der Waals surface area contributed by atoms with E-state index in [-0.39, 0.29) is 0 Å². The van der Waals surface area contributed by atoms with E-state index in [2.05, 4.69) is 215 Å². The normalized spacial score (nSPS) is 11.9. The zero-order valence-corrected chi connectivity index (χ0v) is 33.6. The van der Waals surface area contributed by atoms with Crippen LogP contribution in [0, 0.1) is 0 Å². The van der Waals surface area contributed by atoms with Gasteiger partial charge in [-0.2, -0.15) is 0 Å². The zero-order valence-electron chi connectivity index (χ0n) is 32.8. The Balaban J connectivity index is 1.09. The molecule has 9 aromatic carbocycles. The predicted molar refractivity (Wildman–Crippen MR) is 257 cm³/mol. The molecule has 0 aliphatic rings. The predicted octanol–water partition coefficient (Wildman–Crippen LogP) is 15.2. The summed E-state index contributed by atoms with van der Waals surface area (Å²) in [5.41, 5.74) is 13.4. The Kier molecular flexibility index (Phi) is 7.44. The van der Waals surface area contributed by atoms with E-state index in [0.717, 1.165) is 38.9 Å². The zero-order chi connectivity index (χ0) is 40.0. The minimum absolute atomic E-state index is 0.654. The van der Waals surface area contributed by atoms with E-state index < -0.39 is 0 Å². The van der Waals surface area contributed by atoms with E-state index in [1.807, 2.05) is 0 Å². The van der Waals surface area contributed by atoms with Gasteiger partial charge < -0.3 is 4.57 Å². The van der Waals surface area contributed by atoms with Crippen molar-refractivity contribution in [1.29, 1.82) is 0 Å². The van der Waals surface area contributed by atoms with Gasteiger partial charge >= 0.3 is 0 Å². The molecule has 4 aromatic heterocycles. The monoisotopic (exact) mass is 794 g/mol. The highest BCUT2D eigenvalue weighted by Crippen LogP contribution is 2.44. The Morgan fingerprint density at radius 3 is 1.89 bits per heavy atom. The number of fused-ring (bicyclic) bond motifs is 11. The van der Waals surface area contributed by atoms with Gasteiger partial charge in [-0.05, 0) is 81.4 Å². The quantitative estimate of drug-likeness (QED) is 0.174. The number of hydrogen-bond donors (Lipinski definition) is 0. The summed E-state index contributed by atoms with van der Waals surface area (Å²) in [5, 5.41) is 11.8. The Labute approximate surface area is 354 Å². The summed E-state index contributed by atoms with van der Waals surface area (Å²) in [7, 11) is 0. The molecule has 0 aliphatic heterocycles. The van der Waals surface area contributed by atoms with Gasteiger partial charge in [0.15, 0.2) is 0 Å². The van der Waals surface area contributed by atoms with Gasteiger partial charge in [0.2, 0.25) is 5.95 Å². The summed E-state index contributed by atoms with van der Waals surface area (Å²) < 4.78 is 5.87. The van der Waals surface area contributed by atoms with Gasteiger partial charge in [0.1, 0.15) is 0 Å². The highest BCUT2D eigenvalue weighted by atomic mass is 32.1. The number of aromatic nitrogens is 4. The molecule has 0 bridgehead atoms. The summed E-state index contributed by atoms with van der Waals surface area (Å²) in [4.78, 5) is 11.0. The van der Waals surface area contributed by atoms with Crippen molar-refractivity contribution in [2.24, 2.45) is 0 Å². The van der Waals surface area contributed by atoms with Gasteiger partial charge in [-0.3, -0.25) is 4.57 Å². The fraction of sp³-hybridized carbons (Fsp3) is 0. The maximum atomic E-state index is 5.57. The minimum Gasteiger partial charge on any atom is -0.309 e. The number of hydrogen-bond acceptors (Lipinski definition) is 3. The number of para-hydroxylation sites is 2. The first-order valence-corrected chi connectivity index (χ1v) is 21.5. The van der Waals surface area contributed by atoms with Crippen molar-refractivity contribution in [3.63, 3.8) is 0 Å². The first-order chi connectivity index (χ1) is 30.3. The van der Waals surface area contributed by atoms with E-state index in [0.29, 0.717) is 5.95 Å². The first-order valence-electron chi connectivity index (χ1n) is 20.7. The molecule has 0 amide bonds. The highest BCUT2D eigenvalue weighted by molar-refractivity contribution is 7.18. The van der Waals surface area contributed by atoms with Gasteiger partial charge in [-0.1, -0.05) is 152 Å². The molecule has 13 rings (SSSR count). The molecule has 0 saturated heterocycles. The highest BCUT2D eigenvalue weighted by Gasteiger charge is 2.23. The molecule has 0 aliphatic carbocycles. The van der Waals surface area contributed by atoms with Gasteiger partial charge in [-0.25, -0.2) is 9.97 Å². The molecule has 61 heavy (non-hydrogen) atoms. The topological polar surface area (TPSA) is 35.6 Å². The molecule has 0 N–H and O–H groups in total. The van der Waals surface area contributed by atoms with Crippen LogP contribution in [0.1, 0.15) is 0 Å². The molecule has 0 fully saturated rings. The maximum Gasteiger partial charge on any atom is 0.235 e. The molecule has 0 radical (unpaired) electrons. The van der Waals surface area contributed by atoms with Crippen LogP contribution in [0.4, 0.5) is 0 Å². The van der Waals surface area contributed by atoms with Crippen molar-refractivity contribution < 1.29 is 0 Å².